The number of carboxylic acids is 1. The summed E-state index contributed by atoms with van der Waals surface area (Å²) in [5.74, 6) is -1.38. The Morgan fingerprint density at radius 3 is 2.35 bits per heavy atom. The van der Waals surface area contributed by atoms with Crippen molar-refractivity contribution >= 4 is 5.97 Å². The molecule has 2 N–H and O–H groups in total. The fraction of sp³-hybridized carbons (Fsp3) is 0.533. The predicted molar refractivity (Wildman–Crippen MR) is 70.3 cm³/mol. The SMILES string of the molecule is CC(C)c1cc(C(F)F)c(O)c(C2(CC(=O)O)CC2)c1. The molecule has 1 fully saturated rings. The molecule has 110 valence electrons. The van der Waals surface area contributed by atoms with Crippen LogP contribution in [0.4, 0.5) is 8.78 Å². The van der Waals surface area contributed by atoms with Crippen LogP contribution >= 0.6 is 0 Å². The second kappa shape index (κ2) is 5.04. The zero-order valence-corrected chi connectivity index (χ0v) is 11.5. The largest absolute Gasteiger partial charge is 0.507 e. The fourth-order valence-electron chi connectivity index (χ4n) is 2.57. The average molecular weight is 284 g/mol. The van der Waals surface area contributed by atoms with Crippen LogP contribution in [0.3, 0.4) is 0 Å². The summed E-state index contributed by atoms with van der Waals surface area (Å²) in [6.45, 7) is 3.75. The third-order valence-corrected chi connectivity index (χ3v) is 3.98. The first kappa shape index (κ1) is 14.8. The minimum atomic E-state index is -2.77. The van der Waals surface area contributed by atoms with Crippen molar-refractivity contribution in [3.05, 3.63) is 28.8 Å². The number of carbonyl (C=O) groups is 1. The smallest absolute Gasteiger partial charge is 0.304 e. The molecule has 1 aromatic carbocycles. The van der Waals surface area contributed by atoms with Gasteiger partial charge in [-0.15, -0.1) is 0 Å². The number of alkyl halides is 2. The number of hydrogen-bond acceptors (Lipinski definition) is 2. The lowest BCUT2D eigenvalue weighted by molar-refractivity contribution is -0.137. The molecule has 1 aliphatic carbocycles. The zero-order chi connectivity index (χ0) is 15.1. The molecule has 0 radical (unpaired) electrons. The van der Waals surface area contributed by atoms with Crippen molar-refractivity contribution in [3.63, 3.8) is 0 Å². The van der Waals surface area contributed by atoms with Crippen molar-refractivity contribution in [2.75, 3.05) is 0 Å². The molecule has 3 nitrogen and oxygen atoms in total. The lowest BCUT2D eigenvalue weighted by Crippen LogP contribution is -2.14. The van der Waals surface area contributed by atoms with Gasteiger partial charge in [0.2, 0.25) is 0 Å². The zero-order valence-electron chi connectivity index (χ0n) is 11.5. The van der Waals surface area contributed by atoms with E-state index in [2.05, 4.69) is 0 Å². The van der Waals surface area contributed by atoms with E-state index < -0.39 is 29.1 Å². The van der Waals surface area contributed by atoms with Gasteiger partial charge in [-0.25, -0.2) is 8.78 Å². The lowest BCUT2D eigenvalue weighted by atomic mass is 9.86. The molecule has 0 unspecified atom stereocenters. The van der Waals surface area contributed by atoms with Crippen LogP contribution in [-0.2, 0) is 10.2 Å². The summed E-state index contributed by atoms with van der Waals surface area (Å²) >= 11 is 0. The van der Waals surface area contributed by atoms with E-state index in [-0.39, 0.29) is 12.3 Å². The van der Waals surface area contributed by atoms with Gasteiger partial charge in [-0.2, -0.15) is 0 Å². The Morgan fingerprint density at radius 1 is 1.35 bits per heavy atom. The monoisotopic (exact) mass is 284 g/mol. The van der Waals surface area contributed by atoms with Gasteiger partial charge in [0.15, 0.2) is 0 Å². The van der Waals surface area contributed by atoms with E-state index in [1.165, 1.54) is 6.07 Å². The van der Waals surface area contributed by atoms with Crippen molar-refractivity contribution in [2.24, 2.45) is 0 Å². The quantitative estimate of drug-likeness (QED) is 0.860. The summed E-state index contributed by atoms with van der Waals surface area (Å²) in [4.78, 5) is 10.9. The summed E-state index contributed by atoms with van der Waals surface area (Å²) in [7, 11) is 0. The van der Waals surface area contributed by atoms with Crippen molar-refractivity contribution < 1.29 is 23.8 Å². The summed E-state index contributed by atoms with van der Waals surface area (Å²) in [6, 6.07) is 2.99. The first-order valence-electron chi connectivity index (χ1n) is 6.64. The number of phenols is 1. The molecule has 5 heteroatoms. The van der Waals surface area contributed by atoms with Gasteiger partial charge in [0.25, 0.3) is 6.43 Å². The highest BCUT2D eigenvalue weighted by atomic mass is 19.3. The Bertz CT molecular complexity index is 534. The summed E-state index contributed by atoms with van der Waals surface area (Å²) in [5.41, 5.74) is -0.0150. The molecule has 20 heavy (non-hydrogen) atoms. The highest BCUT2D eigenvalue weighted by Gasteiger charge is 2.48. The average Bonchev–Trinajstić information content (AvgIpc) is 3.08. The topological polar surface area (TPSA) is 57.5 Å². The second-order valence-electron chi connectivity index (χ2n) is 5.81. The Kier molecular flexibility index (Phi) is 3.71. The van der Waals surface area contributed by atoms with Crippen LogP contribution in [0.15, 0.2) is 12.1 Å². The lowest BCUT2D eigenvalue weighted by Gasteiger charge is -2.20. The number of aromatic hydroxyl groups is 1. The van der Waals surface area contributed by atoms with Crippen LogP contribution < -0.4 is 0 Å². The van der Waals surface area contributed by atoms with Crippen molar-refractivity contribution in [2.45, 2.75) is 50.9 Å². The van der Waals surface area contributed by atoms with Crippen LogP contribution in [0.1, 0.15) is 62.1 Å². The standard InChI is InChI=1S/C15H18F2O3/c1-8(2)9-5-10(14(16)17)13(20)11(6-9)15(3-4-15)7-12(18)19/h5-6,8,14,20H,3-4,7H2,1-2H3,(H,18,19). The van der Waals surface area contributed by atoms with E-state index in [1.807, 2.05) is 13.8 Å². The number of phenolic OH excluding ortho intramolecular Hbond substituents is 1. The second-order valence-corrected chi connectivity index (χ2v) is 5.81. The maximum absolute atomic E-state index is 13.0. The summed E-state index contributed by atoms with van der Waals surface area (Å²) < 4.78 is 26.1. The Labute approximate surface area is 116 Å². The maximum atomic E-state index is 13.0. The molecule has 2 rings (SSSR count). The molecular weight excluding hydrogens is 266 g/mol. The van der Waals surface area contributed by atoms with Gasteiger partial charge >= 0.3 is 5.97 Å². The van der Waals surface area contributed by atoms with E-state index in [0.29, 0.717) is 24.0 Å². The van der Waals surface area contributed by atoms with Gasteiger partial charge in [-0.05, 0) is 30.4 Å². The highest BCUT2D eigenvalue weighted by Crippen LogP contribution is 2.55. The van der Waals surface area contributed by atoms with Crippen LogP contribution in [0, 0.1) is 0 Å². The Balaban J connectivity index is 2.54. The highest BCUT2D eigenvalue weighted by molar-refractivity contribution is 5.71. The summed E-state index contributed by atoms with van der Waals surface area (Å²) in [6.07, 6.45) is -1.69. The Morgan fingerprint density at radius 2 is 1.95 bits per heavy atom. The third kappa shape index (κ3) is 2.62. The molecule has 0 saturated heterocycles. The van der Waals surface area contributed by atoms with E-state index in [9.17, 15) is 18.7 Å². The fourth-order valence-corrected chi connectivity index (χ4v) is 2.57. The van der Waals surface area contributed by atoms with Gasteiger partial charge in [0.05, 0.1) is 12.0 Å². The van der Waals surface area contributed by atoms with Crippen molar-refractivity contribution in [1.29, 1.82) is 0 Å². The van der Waals surface area contributed by atoms with Crippen LogP contribution in [0.25, 0.3) is 0 Å². The molecule has 1 aromatic rings. The minimum absolute atomic E-state index is 0.0347. The van der Waals surface area contributed by atoms with Crippen LogP contribution in [-0.4, -0.2) is 16.2 Å². The van der Waals surface area contributed by atoms with E-state index in [0.717, 1.165) is 0 Å². The van der Waals surface area contributed by atoms with Crippen LogP contribution in [0.5, 0.6) is 5.75 Å². The molecular formula is C15H18F2O3. The van der Waals surface area contributed by atoms with E-state index in [4.69, 9.17) is 5.11 Å². The first-order valence-corrected chi connectivity index (χ1v) is 6.64. The number of halogens is 2. The molecule has 0 amide bonds. The molecule has 0 atom stereocenters. The number of rotatable bonds is 5. The van der Waals surface area contributed by atoms with Gasteiger partial charge in [0, 0.05) is 11.0 Å². The molecule has 0 heterocycles. The number of carboxylic acid groups (broad SMARTS) is 1. The minimum Gasteiger partial charge on any atom is -0.507 e. The predicted octanol–water partition coefficient (Wildman–Crippen LogP) is 3.96. The van der Waals surface area contributed by atoms with Crippen molar-refractivity contribution in [1.82, 2.24) is 0 Å². The van der Waals surface area contributed by atoms with Crippen LogP contribution in [0.2, 0.25) is 0 Å². The van der Waals surface area contributed by atoms with Gasteiger partial charge in [0.1, 0.15) is 5.75 Å². The summed E-state index contributed by atoms with van der Waals surface area (Å²) in [5, 5.41) is 19.0. The molecule has 0 spiro atoms. The molecule has 0 bridgehead atoms. The maximum Gasteiger partial charge on any atom is 0.304 e. The molecule has 0 aliphatic heterocycles. The Hall–Kier alpha value is -1.65. The van der Waals surface area contributed by atoms with Gasteiger partial charge in [-0.1, -0.05) is 19.9 Å². The molecule has 0 aromatic heterocycles. The van der Waals surface area contributed by atoms with Gasteiger partial charge < -0.3 is 10.2 Å². The third-order valence-electron chi connectivity index (χ3n) is 3.98. The number of aliphatic carboxylic acids is 1. The van der Waals surface area contributed by atoms with Gasteiger partial charge in [-0.3, -0.25) is 4.79 Å². The molecule has 1 aliphatic rings. The normalized spacial score (nSPS) is 16.7. The first-order chi connectivity index (χ1) is 9.27. The van der Waals surface area contributed by atoms with Crippen molar-refractivity contribution in [3.8, 4) is 5.75 Å². The van der Waals surface area contributed by atoms with E-state index in [1.54, 1.807) is 6.07 Å². The molecule has 1 saturated carbocycles. The van der Waals surface area contributed by atoms with E-state index >= 15 is 0 Å². The number of hydrogen-bond donors (Lipinski definition) is 2. The number of benzene rings is 1.